The van der Waals surface area contributed by atoms with Gasteiger partial charge in [0.25, 0.3) is 0 Å². The van der Waals surface area contributed by atoms with E-state index in [2.05, 4.69) is 44.1 Å². The number of ether oxygens (including phenoxy) is 1. The summed E-state index contributed by atoms with van der Waals surface area (Å²) in [4.78, 5) is 11.9. The van der Waals surface area contributed by atoms with E-state index in [0.717, 1.165) is 22.8 Å². The Labute approximate surface area is 131 Å². The van der Waals surface area contributed by atoms with Crippen LogP contribution in [0.25, 0.3) is 0 Å². The zero-order valence-corrected chi connectivity index (χ0v) is 14.2. The van der Waals surface area contributed by atoms with Gasteiger partial charge in [-0.1, -0.05) is 57.0 Å². The third-order valence-electron chi connectivity index (χ3n) is 2.93. The first-order valence-corrected chi connectivity index (χ1v) is 8.51. The van der Waals surface area contributed by atoms with Crippen LogP contribution in [0.15, 0.2) is 30.3 Å². The lowest BCUT2D eigenvalue weighted by Crippen LogP contribution is -2.51. The molecule has 1 amide bonds. The molecule has 0 radical (unpaired) electrons. The standard InChI is InChI=1S/C14H19Br2NO2/c1-2-14(10-15,11-16)17-13(18)8-9-19-12-6-4-3-5-7-12/h3-7H,2,8-11H2,1H3,(H,17,18). The summed E-state index contributed by atoms with van der Waals surface area (Å²) in [6.45, 7) is 2.45. The van der Waals surface area contributed by atoms with E-state index in [1.165, 1.54) is 0 Å². The van der Waals surface area contributed by atoms with E-state index in [1.807, 2.05) is 30.3 Å². The van der Waals surface area contributed by atoms with Gasteiger partial charge in [0.2, 0.25) is 5.91 Å². The van der Waals surface area contributed by atoms with Crippen LogP contribution in [-0.4, -0.2) is 28.7 Å². The van der Waals surface area contributed by atoms with Crippen molar-refractivity contribution in [1.29, 1.82) is 0 Å². The lowest BCUT2D eigenvalue weighted by Gasteiger charge is -2.30. The average Bonchev–Trinajstić information content (AvgIpc) is 2.46. The molecular formula is C14H19Br2NO2. The van der Waals surface area contributed by atoms with Crippen molar-refractivity contribution in [2.75, 3.05) is 17.3 Å². The Hall–Kier alpha value is -0.550. The van der Waals surface area contributed by atoms with Gasteiger partial charge in [-0.3, -0.25) is 4.79 Å². The van der Waals surface area contributed by atoms with Crippen molar-refractivity contribution in [3.63, 3.8) is 0 Å². The van der Waals surface area contributed by atoms with Crippen LogP contribution in [0.4, 0.5) is 0 Å². The summed E-state index contributed by atoms with van der Waals surface area (Å²) in [5.74, 6) is 0.801. The minimum Gasteiger partial charge on any atom is -0.493 e. The number of alkyl halides is 2. The summed E-state index contributed by atoms with van der Waals surface area (Å²) in [5, 5.41) is 4.51. The van der Waals surface area contributed by atoms with Gasteiger partial charge in [-0.15, -0.1) is 0 Å². The predicted octanol–water partition coefficient (Wildman–Crippen LogP) is 3.51. The Morgan fingerprint density at radius 2 is 1.89 bits per heavy atom. The summed E-state index contributed by atoms with van der Waals surface area (Å²) >= 11 is 6.90. The van der Waals surface area contributed by atoms with E-state index in [1.54, 1.807) is 0 Å². The molecule has 0 aliphatic rings. The molecule has 19 heavy (non-hydrogen) atoms. The van der Waals surface area contributed by atoms with Crippen molar-refractivity contribution < 1.29 is 9.53 Å². The molecule has 1 rings (SSSR count). The lowest BCUT2D eigenvalue weighted by atomic mass is 10.0. The number of rotatable bonds is 8. The summed E-state index contributed by atoms with van der Waals surface area (Å²) in [5.41, 5.74) is -0.218. The number of halogens is 2. The van der Waals surface area contributed by atoms with Crippen molar-refractivity contribution in [2.24, 2.45) is 0 Å². The first-order valence-electron chi connectivity index (χ1n) is 6.26. The largest absolute Gasteiger partial charge is 0.493 e. The Morgan fingerprint density at radius 1 is 1.26 bits per heavy atom. The highest BCUT2D eigenvalue weighted by Gasteiger charge is 2.27. The highest BCUT2D eigenvalue weighted by Crippen LogP contribution is 2.17. The molecule has 0 spiro atoms. The first kappa shape index (κ1) is 16.5. The van der Waals surface area contributed by atoms with Crippen LogP contribution in [0.1, 0.15) is 19.8 Å². The minimum absolute atomic E-state index is 0.0108. The number of carbonyl (C=O) groups excluding carboxylic acids is 1. The van der Waals surface area contributed by atoms with Crippen LogP contribution in [0.3, 0.4) is 0 Å². The third kappa shape index (κ3) is 5.53. The van der Waals surface area contributed by atoms with Crippen molar-refractivity contribution >= 4 is 37.8 Å². The van der Waals surface area contributed by atoms with Crippen molar-refractivity contribution in [3.05, 3.63) is 30.3 Å². The van der Waals surface area contributed by atoms with Gasteiger partial charge < -0.3 is 10.1 Å². The number of para-hydroxylation sites is 1. The van der Waals surface area contributed by atoms with E-state index in [4.69, 9.17) is 4.74 Å². The van der Waals surface area contributed by atoms with E-state index < -0.39 is 0 Å². The van der Waals surface area contributed by atoms with Gasteiger partial charge in [-0.2, -0.15) is 0 Å². The molecule has 0 aliphatic carbocycles. The van der Waals surface area contributed by atoms with E-state index >= 15 is 0 Å². The number of nitrogens with one attached hydrogen (secondary N) is 1. The Morgan fingerprint density at radius 3 is 2.42 bits per heavy atom. The van der Waals surface area contributed by atoms with Crippen molar-refractivity contribution in [1.82, 2.24) is 5.32 Å². The number of hydrogen-bond acceptors (Lipinski definition) is 2. The van der Waals surface area contributed by atoms with Gasteiger partial charge in [0, 0.05) is 10.7 Å². The molecule has 3 nitrogen and oxygen atoms in total. The number of carbonyl (C=O) groups is 1. The number of benzene rings is 1. The van der Waals surface area contributed by atoms with Crippen LogP contribution in [-0.2, 0) is 4.79 Å². The van der Waals surface area contributed by atoms with Gasteiger partial charge in [0.05, 0.1) is 18.6 Å². The monoisotopic (exact) mass is 391 g/mol. The second kappa shape index (κ2) is 8.59. The maximum Gasteiger partial charge on any atom is 0.223 e. The highest BCUT2D eigenvalue weighted by atomic mass is 79.9. The zero-order chi connectivity index (χ0) is 14.1. The fourth-order valence-electron chi connectivity index (χ4n) is 1.52. The second-order valence-corrected chi connectivity index (χ2v) is 5.48. The Balaban J connectivity index is 2.35. The van der Waals surface area contributed by atoms with Gasteiger partial charge >= 0.3 is 0 Å². The van der Waals surface area contributed by atoms with Crippen LogP contribution in [0.2, 0.25) is 0 Å². The molecule has 0 atom stereocenters. The first-order chi connectivity index (χ1) is 9.15. The van der Waals surface area contributed by atoms with Crippen molar-refractivity contribution in [3.8, 4) is 5.75 Å². The van der Waals surface area contributed by atoms with Crippen LogP contribution in [0.5, 0.6) is 5.75 Å². The van der Waals surface area contributed by atoms with E-state index in [0.29, 0.717) is 13.0 Å². The molecule has 0 saturated carbocycles. The predicted molar refractivity (Wildman–Crippen MR) is 85.3 cm³/mol. The van der Waals surface area contributed by atoms with E-state index in [-0.39, 0.29) is 11.4 Å². The minimum atomic E-state index is -0.218. The maximum atomic E-state index is 11.9. The molecular weight excluding hydrogens is 374 g/mol. The normalized spacial score (nSPS) is 11.1. The fourth-order valence-corrected chi connectivity index (χ4v) is 3.52. The summed E-state index contributed by atoms with van der Waals surface area (Å²) in [6, 6.07) is 9.51. The fraction of sp³-hybridized carbons (Fsp3) is 0.500. The molecule has 0 bridgehead atoms. The third-order valence-corrected chi connectivity index (χ3v) is 5.08. The Bertz CT molecular complexity index is 372. The van der Waals surface area contributed by atoms with Gasteiger partial charge in [-0.25, -0.2) is 0 Å². The molecule has 1 aromatic rings. The maximum absolute atomic E-state index is 11.9. The molecule has 1 N–H and O–H groups in total. The van der Waals surface area contributed by atoms with Crippen molar-refractivity contribution in [2.45, 2.75) is 25.3 Å². The summed E-state index contributed by atoms with van der Waals surface area (Å²) in [6.07, 6.45) is 1.23. The SMILES string of the molecule is CCC(CBr)(CBr)NC(=O)CCOc1ccccc1. The van der Waals surface area contributed by atoms with Crippen LogP contribution in [0, 0.1) is 0 Å². The molecule has 0 unspecified atom stereocenters. The molecule has 0 aliphatic heterocycles. The molecule has 106 valence electrons. The van der Waals surface area contributed by atoms with Crippen LogP contribution >= 0.6 is 31.9 Å². The topological polar surface area (TPSA) is 38.3 Å². The zero-order valence-electron chi connectivity index (χ0n) is 11.0. The van der Waals surface area contributed by atoms with Gasteiger partial charge in [-0.05, 0) is 18.6 Å². The van der Waals surface area contributed by atoms with Crippen LogP contribution < -0.4 is 10.1 Å². The molecule has 0 heterocycles. The highest BCUT2D eigenvalue weighted by molar-refractivity contribution is 9.09. The summed E-state index contributed by atoms with van der Waals surface area (Å²) in [7, 11) is 0. The number of amides is 1. The van der Waals surface area contributed by atoms with Gasteiger partial charge in [0.15, 0.2) is 0 Å². The molecule has 0 saturated heterocycles. The summed E-state index contributed by atoms with van der Waals surface area (Å²) < 4.78 is 5.51. The molecule has 0 fully saturated rings. The molecule has 0 aromatic heterocycles. The van der Waals surface area contributed by atoms with E-state index in [9.17, 15) is 4.79 Å². The smallest absolute Gasteiger partial charge is 0.223 e. The molecule has 5 heteroatoms. The average molecular weight is 393 g/mol. The Kier molecular flexibility index (Phi) is 7.46. The van der Waals surface area contributed by atoms with Gasteiger partial charge in [0.1, 0.15) is 5.75 Å². The lowest BCUT2D eigenvalue weighted by molar-refractivity contribution is -0.123. The number of hydrogen-bond donors (Lipinski definition) is 1. The quantitative estimate of drug-likeness (QED) is 0.687. The molecule has 1 aromatic carbocycles. The second-order valence-electron chi connectivity index (χ2n) is 4.36.